The minimum Gasteiger partial charge on any atom is -0.370 e. The molecule has 18 heavy (non-hydrogen) atoms. The first kappa shape index (κ1) is 12.8. The third-order valence-electron chi connectivity index (χ3n) is 2.71. The van der Waals surface area contributed by atoms with Crippen LogP contribution in [0.15, 0.2) is 18.3 Å². The molecule has 0 aliphatic heterocycles. The Kier molecular flexibility index (Phi) is 4.15. The lowest BCUT2D eigenvalue weighted by Gasteiger charge is -2.06. The van der Waals surface area contributed by atoms with Crippen molar-refractivity contribution in [3.05, 3.63) is 24.2 Å². The van der Waals surface area contributed by atoms with Gasteiger partial charge in [0.05, 0.1) is 0 Å². The van der Waals surface area contributed by atoms with Gasteiger partial charge >= 0.3 is 0 Å². The van der Waals surface area contributed by atoms with Gasteiger partial charge in [-0.2, -0.15) is 0 Å². The fraction of sp³-hybridized carbons (Fsp3) is 0.417. The van der Waals surface area contributed by atoms with Gasteiger partial charge in [0.2, 0.25) is 5.91 Å². The Labute approximate surface area is 110 Å². The number of nitrogens with zero attached hydrogens (tertiary/aromatic N) is 3. The number of primary amides is 1. The predicted octanol–water partition coefficient (Wildman–Crippen LogP) is 1.48. The number of amides is 1. The van der Waals surface area contributed by atoms with Crippen LogP contribution in [0.25, 0.3) is 11.2 Å². The Morgan fingerprint density at radius 1 is 1.50 bits per heavy atom. The van der Waals surface area contributed by atoms with Gasteiger partial charge in [-0.25, -0.2) is 9.97 Å². The van der Waals surface area contributed by atoms with E-state index in [1.807, 2.05) is 16.7 Å². The lowest BCUT2D eigenvalue weighted by molar-refractivity contribution is -0.118. The van der Waals surface area contributed by atoms with Gasteiger partial charge in [0.15, 0.2) is 5.65 Å². The molecule has 0 aliphatic rings. The molecule has 96 valence electrons. The van der Waals surface area contributed by atoms with E-state index in [4.69, 9.17) is 17.3 Å². The zero-order valence-corrected chi connectivity index (χ0v) is 10.7. The summed E-state index contributed by atoms with van der Waals surface area (Å²) in [5, 5.41) is 0. The van der Waals surface area contributed by atoms with Crippen molar-refractivity contribution in [2.24, 2.45) is 5.73 Å². The molecular formula is C12H15ClN4O. The zero-order chi connectivity index (χ0) is 13.0. The maximum absolute atomic E-state index is 10.8. The van der Waals surface area contributed by atoms with Crippen LogP contribution in [0.4, 0.5) is 0 Å². The highest BCUT2D eigenvalue weighted by atomic mass is 35.5. The molecule has 0 bridgehead atoms. The number of carbonyl (C=O) groups is 1. The highest BCUT2D eigenvalue weighted by Gasteiger charge is 2.10. The van der Waals surface area contributed by atoms with E-state index in [0.29, 0.717) is 31.7 Å². The molecule has 0 saturated carbocycles. The normalized spacial score (nSPS) is 10.9. The average molecular weight is 267 g/mol. The van der Waals surface area contributed by atoms with Crippen LogP contribution >= 0.6 is 11.6 Å². The van der Waals surface area contributed by atoms with Crippen molar-refractivity contribution in [3.63, 3.8) is 0 Å². The standard InChI is InChI=1S/C12H15ClN4O/c13-6-5-11-16-9-3-1-7-15-12(9)17(11)8-2-4-10(14)18/h1,3,7H,2,4-6,8H2,(H2,14,18). The van der Waals surface area contributed by atoms with Crippen molar-refractivity contribution in [1.82, 2.24) is 14.5 Å². The fourth-order valence-electron chi connectivity index (χ4n) is 1.93. The Morgan fingerprint density at radius 2 is 2.33 bits per heavy atom. The summed E-state index contributed by atoms with van der Waals surface area (Å²) in [4.78, 5) is 19.6. The van der Waals surface area contributed by atoms with Crippen molar-refractivity contribution in [3.8, 4) is 0 Å². The highest BCUT2D eigenvalue weighted by Crippen LogP contribution is 2.15. The van der Waals surface area contributed by atoms with E-state index in [9.17, 15) is 4.79 Å². The van der Waals surface area contributed by atoms with E-state index in [1.165, 1.54) is 0 Å². The maximum Gasteiger partial charge on any atom is 0.217 e. The second-order valence-electron chi connectivity index (χ2n) is 4.03. The number of rotatable bonds is 6. The topological polar surface area (TPSA) is 73.8 Å². The summed E-state index contributed by atoms with van der Waals surface area (Å²) in [6.07, 6.45) is 3.48. The van der Waals surface area contributed by atoms with Gasteiger partial charge < -0.3 is 10.3 Å². The summed E-state index contributed by atoms with van der Waals surface area (Å²) in [5.41, 5.74) is 6.83. The molecule has 1 amide bonds. The van der Waals surface area contributed by atoms with E-state index in [0.717, 1.165) is 17.0 Å². The monoisotopic (exact) mass is 266 g/mol. The van der Waals surface area contributed by atoms with Crippen molar-refractivity contribution >= 4 is 28.7 Å². The van der Waals surface area contributed by atoms with Crippen LogP contribution in [0, 0.1) is 0 Å². The molecule has 0 spiro atoms. The Bertz CT molecular complexity index is 552. The zero-order valence-electron chi connectivity index (χ0n) is 9.97. The number of hydrogen-bond donors (Lipinski definition) is 1. The smallest absolute Gasteiger partial charge is 0.217 e. The maximum atomic E-state index is 10.8. The average Bonchev–Trinajstić information content (AvgIpc) is 2.68. The SMILES string of the molecule is NC(=O)CCCn1c(CCCl)nc2cccnc21. The lowest BCUT2D eigenvalue weighted by Crippen LogP contribution is -2.12. The van der Waals surface area contributed by atoms with Gasteiger partial charge in [-0.15, -0.1) is 11.6 Å². The first-order valence-corrected chi connectivity index (χ1v) is 6.40. The van der Waals surface area contributed by atoms with Gasteiger partial charge in [0, 0.05) is 31.5 Å². The summed E-state index contributed by atoms with van der Waals surface area (Å²) in [7, 11) is 0. The fourth-order valence-corrected chi connectivity index (χ4v) is 2.10. The Balaban J connectivity index is 2.26. The number of hydrogen-bond acceptors (Lipinski definition) is 3. The first-order valence-electron chi connectivity index (χ1n) is 5.86. The summed E-state index contributed by atoms with van der Waals surface area (Å²) < 4.78 is 2.01. The van der Waals surface area contributed by atoms with Crippen molar-refractivity contribution in [2.75, 3.05) is 5.88 Å². The Morgan fingerprint density at radius 3 is 3.06 bits per heavy atom. The van der Waals surface area contributed by atoms with Crippen LogP contribution in [0.2, 0.25) is 0 Å². The number of aromatic nitrogens is 3. The minimum atomic E-state index is -0.286. The second-order valence-corrected chi connectivity index (χ2v) is 4.41. The van der Waals surface area contributed by atoms with Crippen molar-refractivity contribution < 1.29 is 4.79 Å². The van der Waals surface area contributed by atoms with E-state index in [1.54, 1.807) is 6.20 Å². The molecular weight excluding hydrogens is 252 g/mol. The Hall–Kier alpha value is -1.62. The summed E-state index contributed by atoms with van der Waals surface area (Å²) in [6, 6.07) is 3.78. The first-order chi connectivity index (χ1) is 8.72. The van der Waals surface area contributed by atoms with Crippen molar-refractivity contribution in [2.45, 2.75) is 25.8 Å². The molecule has 0 unspecified atom stereocenters. The predicted molar refractivity (Wildman–Crippen MR) is 70.4 cm³/mol. The molecule has 0 aromatic carbocycles. The third-order valence-corrected chi connectivity index (χ3v) is 2.89. The number of fused-ring (bicyclic) bond motifs is 1. The molecule has 2 aromatic rings. The summed E-state index contributed by atoms with van der Waals surface area (Å²) >= 11 is 5.77. The number of imidazole rings is 1. The number of aryl methyl sites for hydroxylation is 2. The molecule has 2 heterocycles. The number of carbonyl (C=O) groups excluding carboxylic acids is 1. The summed E-state index contributed by atoms with van der Waals surface area (Å²) in [6.45, 7) is 0.683. The molecule has 0 saturated heterocycles. The second kappa shape index (κ2) is 5.82. The van der Waals surface area contributed by atoms with Gasteiger partial charge in [0.1, 0.15) is 11.3 Å². The van der Waals surface area contributed by atoms with Crippen LogP contribution in [0.5, 0.6) is 0 Å². The molecule has 6 heteroatoms. The van der Waals surface area contributed by atoms with Crippen molar-refractivity contribution in [1.29, 1.82) is 0 Å². The van der Waals surface area contributed by atoms with E-state index < -0.39 is 0 Å². The van der Waals surface area contributed by atoms with Crippen LogP contribution in [0.3, 0.4) is 0 Å². The molecule has 0 fully saturated rings. The van der Waals surface area contributed by atoms with E-state index in [-0.39, 0.29) is 5.91 Å². The largest absolute Gasteiger partial charge is 0.370 e. The number of nitrogens with two attached hydrogens (primary N) is 1. The van der Waals surface area contributed by atoms with Crippen LogP contribution in [-0.2, 0) is 17.8 Å². The quantitative estimate of drug-likeness (QED) is 0.805. The number of alkyl halides is 1. The highest BCUT2D eigenvalue weighted by molar-refractivity contribution is 6.17. The summed E-state index contributed by atoms with van der Waals surface area (Å²) in [5.74, 6) is 1.13. The van der Waals surface area contributed by atoms with Gasteiger partial charge in [-0.3, -0.25) is 4.79 Å². The van der Waals surface area contributed by atoms with E-state index in [2.05, 4.69) is 9.97 Å². The van der Waals surface area contributed by atoms with Gasteiger partial charge in [-0.05, 0) is 18.6 Å². The molecule has 2 N–H and O–H groups in total. The van der Waals surface area contributed by atoms with Crippen LogP contribution in [-0.4, -0.2) is 26.3 Å². The third kappa shape index (κ3) is 2.79. The van der Waals surface area contributed by atoms with Crippen LogP contribution in [0.1, 0.15) is 18.7 Å². The van der Waals surface area contributed by atoms with Gasteiger partial charge in [-0.1, -0.05) is 0 Å². The lowest BCUT2D eigenvalue weighted by atomic mass is 10.3. The van der Waals surface area contributed by atoms with Crippen LogP contribution < -0.4 is 5.73 Å². The molecule has 2 aromatic heterocycles. The molecule has 0 atom stereocenters. The molecule has 5 nitrogen and oxygen atoms in total. The van der Waals surface area contributed by atoms with E-state index >= 15 is 0 Å². The molecule has 0 aliphatic carbocycles. The number of pyridine rings is 1. The number of halogens is 1. The van der Waals surface area contributed by atoms with Gasteiger partial charge in [0.25, 0.3) is 0 Å². The molecule has 2 rings (SSSR count). The minimum absolute atomic E-state index is 0.286. The molecule has 0 radical (unpaired) electrons.